The van der Waals surface area contributed by atoms with Crippen LogP contribution >= 0.6 is 0 Å². The number of hydrogen-bond acceptors (Lipinski definition) is 6. The first-order chi connectivity index (χ1) is 12.3. The van der Waals surface area contributed by atoms with Crippen molar-refractivity contribution in [1.29, 1.82) is 0 Å². The van der Waals surface area contributed by atoms with E-state index in [9.17, 15) is 24.5 Å². The number of aromatic nitrogens is 2. The van der Waals surface area contributed by atoms with Crippen molar-refractivity contribution in [3.05, 3.63) is 60.8 Å². The normalized spacial score (nSPS) is 10.5. The molecule has 2 aromatic rings. The van der Waals surface area contributed by atoms with Crippen LogP contribution in [0.1, 0.15) is 30.1 Å². The quantitative estimate of drug-likeness (QED) is 0.582. The molecule has 0 fully saturated rings. The highest BCUT2D eigenvalue weighted by molar-refractivity contribution is 6.09. The van der Waals surface area contributed by atoms with Gasteiger partial charge in [0.15, 0.2) is 5.69 Å². The molecule has 1 amide bonds. The summed E-state index contributed by atoms with van der Waals surface area (Å²) >= 11 is 0. The second-order valence-corrected chi connectivity index (χ2v) is 5.64. The van der Waals surface area contributed by atoms with Crippen LogP contribution in [0.2, 0.25) is 0 Å². The highest BCUT2D eigenvalue weighted by Crippen LogP contribution is 2.23. The summed E-state index contributed by atoms with van der Waals surface area (Å²) in [6.07, 6.45) is 1.45. The summed E-state index contributed by atoms with van der Waals surface area (Å²) < 4.78 is 1.17. The van der Waals surface area contributed by atoms with E-state index in [0.717, 1.165) is 11.3 Å². The van der Waals surface area contributed by atoms with E-state index in [1.165, 1.54) is 35.9 Å². The number of nitrogens with two attached hydrogens (primary N) is 1. The average molecular weight is 361 g/mol. The largest absolute Gasteiger partial charge is 0.383 e. The molecule has 26 heavy (non-hydrogen) atoms. The van der Waals surface area contributed by atoms with Crippen LogP contribution < -0.4 is 21.9 Å². The number of hydrogen-bond donors (Lipinski definition) is 2. The van der Waals surface area contributed by atoms with Crippen molar-refractivity contribution in [2.75, 3.05) is 17.7 Å². The van der Waals surface area contributed by atoms with E-state index < -0.39 is 27.8 Å². The van der Waals surface area contributed by atoms with Gasteiger partial charge in [0, 0.05) is 19.7 Å². The van der Waals surface area contributed by atoms with Crippen LogP contribution in [0, 0.1) is 10.1 Å². The van der Waals surface area contributed by atoms with Gasteiger partial charge in [0.1, 0.15) is 11.4 Å². The standard InChI is InChI=1S/C16H19N5O5/c1-3-4-9-20-13(17)12(14(22)18-16(20)24)19(2)15(23)10-7-5-6-8-11(10)21(25)26/h5-8H,3-4,9,17H2,1-2H3,(H,18,22,24). The molecule has 2 rings (SSSR count). The molecule has 1 heterocycles. The molecule has 0 aliphatic heterocycles. The molecule has 1 aromatic heterocycles. The molecule has 0 atom stereocenters. The van der Waals surface area contributed by atoms with Gasteiger partial charge in [-0.1, -0.05) is 25.5 Å². The van der Waals surface area contributed by atoms with E-state index in [2.05, 4.69) is 4.98 Å². The summed E-state index contributed by atoms with van der Waals surface area (Å²) in [6.45, 7) is 2.20. The number of amides is 1. The maximum Gasteiger partial charge on any atom is 0.330 e. The third kappa shape index (κ3) is 3.48. The van der Waals surface area contributed by atoms with Crippen LogP contribution in [-0.4, -0.2) is 27.4 Å². The van der Waals surface area contributed by atoms with Gasteiger partial charge >= 0.3 is 5.69 Å². The summed E-state index contributed by atoms with van der Waals surface area (Å²) in [7, 11) is 1.27. The highest BCUT2D eigenvalue weighted by Gasteiger charge is 2.26. The topological polar surface area (TPSA) is 144 Å². The van der Waals surface area contributed by atoms with Gasteiger partial charge in [-0.15, -0.1) is 0 Å². The first kappa shape index (κ1) is 18.9. The van der Waals surface area contributed by atoms with Gasteiger partial charge in [-0.3, -0.25) is 29.3 Å². The Labute approximate surface area is 148 Å². The van der Waals surface area contributed by atoms with Gasteiger partial charge in [0.05, 0.1) is 4.92 Å². The van der Waals surface area contributed by atoms with Crippen molar-refractivity contribution in [3.63, 3.8) is 0 Å². The molecular formula is C16H19N5O5. The lowest BCUT2D eigenvalue weighted by atomic mass is 10.1. The molecule has 138 valence electrons. The minimum atomic E-state index is -0.838. The van der Waals surface area contributed by atoms with Crippen molar-refractivity contribution in [3.8, 4) is 0 Å². The zero-order valence-electron chi connectivity index (χ0n) is 14.4. The van der Waals surface area contributed by atoms with Crippen molar-refractivity contribution in [1.82, 2.24) is 9.55 Å². The summed E-state index contributed by atoms with van der Waals surface area (Å²) in [5.41, 5.74) is 3.63. The molecule has 0 unspecified atom stereocenters. The van der Waals surface area contributed by atoms with Gasteiger partial charge in [0.2, 0.25) is 0 Å². The number of unbranched alkanes of at least 4 members (excludes halogenated alkanes) is 1. The highest BCUT2D eigenvalue weighted by atomic mass is 16.6. The van der Waals surface area contributed by atoms with Gasteiger partial charge in [-0.25, -0.2) is 4.79 Å². The van der Waals surface area contributed by atoms with Crippen LogP contribution in [0.4, 0.5) is 17.2 Å². The molecule has 10 nitrogen and oxygen atoms in total. The van der Waals surface area contributed by atoms with Crippen LogP contribution in [0.5, 0.6) is 0 Å². The van der Waals surface area contributed by atoms with E-state index in [-0.39, 0.29) is 23.6 Å². The Morgan fingerprint density at radius 1 is 1.35 bits per heavy atom. The van der Waals surface area contributed by atoms with Crippen LogP contribution in [0.25, 0.3) is 0 Å². The van der Waals surface area contributed by atoms with Crippen molar-refractivity contribution < 1.29 is 9.72 Å². The fourth-order valence-electron chi connectivity index (χ4n) is 2.54. The number of benzene rings is 1. The Balaban J connectivity index is 2.55. The molecule has 0 radical (unpaired) electrons. The average Bonchev–Trinajstić information content (AvgIpc) is 2.60. The zero-order valence-corrected chi connectivity index (χ0v) is 14.4. The number of nitrogen functional groups attached to an aromatic ring is 1. The van der Waals surface area contributed by atoms with E-state index in [0.29, 0.717) is 6.42 Å². The lowest BCUT2D eigenvalue weighted by Gasteiger charge is -2.20. The van der Waals surface area contributed by atoms with Crippen molar-refractivity contribution in [2.24, 2.45) is 0 Å². The van der Waals surface area contributed by atoms with Gasteiger partial charge in [0.25, 0.3) is 17.2 Å². The van der Waals surface area contributed by atoms with Crippen molar-refractivity contribution in [2.45, 2.75) is 26.3 Å². The second-order valence-electron chi connectivity index (χ2n) is 5.64. The Bertz CT molecular complexity index is 962. The number of aromatic amines is 1. The first-order valence-corrected chi connectivity index (χ1v) is 7.93. The molecule has 0 aliphatic carbocycles. The number of carbonyl (C=O) groups excluding carboxylic acids is 1. The predicted octanol–water partition coefficient (Wildman–Crippen LogP) is 1.10. The third-order valence-electron chi connectivity index (χ3n) is 3.92. The van der Waals surface area contributed by atoms with Crippen LogP contribution in [-0.2, 0) is 6.54 Å². The number of nitrogens with zero attached hydrogens (tertiary/aromatic N) is 3. The molecule has 0 saturated carbocycles. The summed E-state index contributed by atoms with van der Waals surface area (Å²) in [5.74, 6) is -0.947. The Kier molecular flexibility index (Phi) is 5.55. The Morgan fingerprint density at radius 3 is 2.62 bits per heavy atom. The summed E-state index contributed by atoms with van der Waals surface area (Å²) in [6, 6.07) is 5.39. The summed E-state index contributed by atoms with van der Waals surface area (Å²) in [4.78, 5) is 50.4. The monoisotopic (exact) mass is 361 g/mol. The third-order valence-corrected chi connectivity index (χ3v) is 3.92. The minimum Gasteiger partial charge on any atom is -0.383 e. The van der Waals surface area contributed by atoms with E-state index in [1.807, 2.05) is 6.92 Å². The maximum atomic E-state index is 12.7. The molecule has 10 heteroatoms. The van der Waals surface area contributed by atoms with Gasteiger partial charge in [-0.2, -0.15) is 0 Å². The fourth-order valence-corrected chi connectivity index (χ4v) is 2.54. The lowest BCUT2D eigenvalue weighted by molar-refractivity contribution is -0.385. The number of nitrogens with one attached hydrogen (secondary N) is 1. The molecule has 1 aromatic carbocycles. The van der Waals surface area contributed by atoms with Crippen LogP contribution in [0.3, 0.4) is 0 Å². The fraction of sp³-hybridized carbons (Fsp3) is 0.312. The smallest absolute Gasteiger partial charge is 0.330 e. The van der Waals surface area contributed by atoms with E-state index in [1.54, 1.807) is 0 Å². The number of nitro benzene ring substituents is 1. The number of carbonyl (C=O) groups is 1. The Hall–Kier alpha value is -3.43. The summed E-state index contributed by atoms with van der Waals surface area (Å²) in [5, 5.41) is 11.1. The van der Waals surface area contributed by atoms with Crippen LogP contribution in [0.15, 0.2) is 33.9 Å². The zero-order chi connectivity index (χ0) is 19.4. The second kappa shape index (κ2) is 7.64. The number of rotatable bonds is 6. The maximum absolute atomic E-state index is 12.7. The molecule has 0 spiro atoms. The Morgan fingerprint density at radius 2 is 2.00 bits per heavy atom. The molecule has 0 saturated heterocycles. The molecule has 0 bridgehead atoms. The van der Waals surface area contributed by atoms with Gasteiger partial charge < -0.3 is 10.6 Å². The van der Waals surface area contributed by atoms with E-state index in [4.69, 9.17) is 5.73 Å². The number of para-hydroxylation sites is 1. The lowest BCUT2D eigenvalue weighted by Crippen LogP contribution is -2.39. The van der Waals surface area contributed by atoms with Crippen molar-refractivity contribution >= 4 is 23.1 Å². The number of H-pyrrole nitrogens is 1. The molecule has 3 N–H and O–H groups in total. The SMILES string of the molecule is CCCCn1c(N)c(N(C)C(=O)c2ccccc2[N+](=O)[O-])c(=O)[nH]c1=O. The number of nitro groups is 1. The predicted molar refractivity (Wildman–Crippen MR) is 96.5 cm³/mol. The molecular weight excluding hydrogens is 342 g/mol. The molecule has 0 aliphatic rings. The minimum absolute atomic E-state index is 0.165. The van der Waals surface area contributed by atoms with E-state index >= 15 is 0 Å². The van der Waals surface area contributed by atoms with Gasteiger partial charge in [-0.05, 0) is 12.5 Å². The number of anilines is 2. The first-order valence-electron chi connectivity index (χ1n) is 7.93.